The molecule has 0 saturated carbocycles. The molecule has 30 heavy (non-hydrogen) atoms. The number of halogens is 1. The Morgan fingerprint density at radius 3 is 2.57 bits per heavy atom. The Labute approximate surface area is 198 Å². The monoisotopic (exact) mass is 535 g/mol. The van der Waals surface area contributed by atoms with Gasteiger partial charge in [0.25, 0.3) is 0 Å². The van der Waals surface area contributed by atoms with E-state index in [0.717, 1.165) is 82.5 Å². The Kier molecular flexibility index (Phi) is 14.7. The summed E-state index contributed by atoms with van der Waals surface area (Å²) in [6.07, 6.45) is 4.25. The molecule has 0 aromatic heterocycles. The highest BCUT2D eigenvalue weighted by Crippen LogP contribution is 2.19. The average molecular weight is 535 g/mol. The number of nitrogens with zero attached hydrogens (tertiary/aromatic N) is 2. The van der Waals surface area contributed by atoms with E-state index in [1.807, 2.05) is 24.3 Å². The highest BCUT2D eigenvalue weighted by atomic mass is 127. The zero-order valence-electron chi connectivity index (χ0n) is 18.6. The smallest absolute Gasteiger partial charge is 0.193 e. The van der Waals surface area contributed by atoms with Crippen molar-refractivity contribution in [1.29, 1.82) is 0 Å². The van der Waals surface area contributed by atoms with Gasteiger partial charge in [-0.1, -0.05) is 6.07 Å². The van der Waals surface area contributed by atoms with E-state index in [-0.39, 0.29) is 24.0 Å². The molecule has 172 valence electrons. The Hall–Kier alpha value is -1.26. The molecule has 1 heterocycles. The number of ether oxygens (including phenoxy) is 4. The van der Waals surface area contributed by atoms with Crippen LogP contribution in [0.3, 0.4) is 0 Å². The van der Waals surface area contributed by atoms with Crippen molar-refractivity contribution in [3.8, 4) is 11.5 Å². The van der Waals surface area contributed by atoms with Crippen molar-refractivity contribution in [2.45, 2.75) is 38.7 Å². The number of methoxy groups -OCH3 is 2. The molecule has 0 amide bonds. The van der Waals surface area contributed by atoms with Crippen molar-refractivity contribution in [1.82, 2.24) is 10.2 Å². The summed E-state index contributed by atoms with van der Waals surface area (Å²) in [6, 6.07) is 7.68. The molecule has 0 radical (unpaired) electrons. The number of nitrogens with one attached hydrogen (secondary N) is 1. The third-order valence-electron chi connectivity index (χ3n) is 4.80. The Morgan fingerprint density at radius 1 is 1.10 bits per heavy atom. The summed E-state index contributed by atoms with van der Waals surface area (Å²) in [5.41, 5.74) is 0. The molecule has 8 heteroatoms. The first-order valence-electron chi connectivity index (χ1n) is 10.7. The molecule has 0 unspecified atom stereocenters. The highest BCUT2D eigenvalue weighted by molar-refractivity contribution is 14.0. The SMILES string of the molecule is CCNC(=NCCCOc1cccc(OC)c1)N1CCC(OCCCOC)CC1.I. The highest BCUT2D eigenvalue weighted by Gasteiger charge is 2.21. The maximum absolute atomic E-state index is 5.95. The molecule has 1 aromatic rings. The lowest BCUT2D eigenvalue weighted by atomic mass is 10.1. The Morgan fingerprint density at radius 2 is 1.87 bits per heavy atom. The van der Waals surface area contributed by atoms with Crippen molar-refractivity contribution < 1.29 is 18.9 Å². The molecule has 1 saturated heterocycles. The summed E-state index contributed by atoms with van der Waals surface area (Å²) in [5.74, 6) is 2.63. The van der Waals surface area contributed by atoms with Crippen LogP contribution in [0, 0.1) is 0 Å². The van der Waals surface area contributed by atoms with E-state index in [1.54, 1.807) is 14.2 Å². The van der Waals surface area contributed by atoms with Crippen molar-refractivity contribution in [2.75, 3.05) is 60.2 Å². The fourth-order valence-electron chi connectivity index (χ4n) is 3.24. The van der Waals surface area contributed by atoms with Crippen LogP contribution in [0.1, 0.15) is 32.6 Å². The van der Waals surface area contributed by atoms with Crippen LogP contribution in [-0.4, -0.2) is 77.2 Å². The van der Waals surface area contributed by atoms with E-state index in [0.29, 0.717) is 12.7 Å². The van der Waals surface area contributed by atoms with Crippen LogP contribution in [0.4, 0.5) is 0 Å². The molecule has 1 N–H and O–H groups in total. The molecular weight excluding hydrogens is 497 g/mol. The first-order chi connectivity index (χ1) is 14.3. The van der Waals surface area contributed by atoms with Gasteiger partial charge in [0.15, 0.2) is 5.96 Å². The molecule has 0 bridgehead atoms. The van der Waals surface area contributed by atoms with E-state index in [1.165, 1.54) is 0 Å². The lowest BCUT2D eigenvalue weighted by molar-refractivity contribution is 0.00990. The predicted octanol–water partition coefficient (Wildman–Crippen LogP) is 3.57. The van der Waals surface area contributed by atoms with Gasteiger partial charge in [0.1, 0.15) is 11.5 Å². The third kappa shape index (κ3) is 10.2. The van der Waals surface area contributed by atoms with Gasteiger partial charge < -0.3 is 29.2 Å². The zero-order valence-corrected chi connectivity index (χ0v) is 20.9. The summed E-state index contributed by atoms with van der Waals surface area (Å²) in [6.45, 7) is 7.83. The van der Waals surface area contributed by atoms with Gasteiger partial charge in [-0.25, -0.2) is 0 Å². The topological polar surface area (TPSA) is 64.6 Å². The normalized spacial score (nSPS) is 14.9. The van der Waals surface area contributed by atoms with Gasteiger partial charge in [-0.05, 0) is 38.3 Å². The summed E-state index contributed by atoms with van der Waals surface area (Å²) < 4.78 is 22.0. The van der Waals surface area contributed by atoms with E-state index < -0.39 is 0 Å². The van der Waals surface area contributed by atoms with E-state index in [2.05, 4.69) is 17.1 Å². The summed E-state index contributed by atoms with van der Waals surface area (Å²) in [5, 5.41) is 3.41. The molecule has 0 aliphatic carbocycles. The molecule has 0 spiro atoms. The van der Waals surface area contributed by atoms with Crippen LogP contribution in [0.25, 0.3) is 0 Å². The van der Waals surface area contributed by atoms with Crippen molar-refractivity contribution in [3.05, 3.63) is 24.3 Å². The molecule has 1 fully saturated rings. The fraction of sp³-hybridized carbons (Fsp3) is 0.682. The lowest BCUT2D eigenvalue weighted by Crippen LogP contribution is -2.47. The Bertz CT molecular complexity index is 596. The minimum Gasteiger partial charge on any atom is -0.497 e. The number of piperidine rings is 1. The van der Waals surface area contributed by atoms with Gasteiger partial charge in [0.2, 0.25) is 0 Å². The molecule has 0 atom stereocenters. The van der Waals surface area contributed by atoms with Gasteiger partial charge in [-0.15, -0.1) is 24.0 Å². The van der Waals surface area contributed by atoms with Gasteiger partial charge in [-0.2, -0.15) is 0 Å². The molecule has 1 aromatic carbocycles. The van der Waals surface area contributed by atoms with Crippen molar-refractivity contribution >= 4 is 29.9 Å². The second-order valence-corrected chi connectivity index (χ2v) is 7.02. The largest absolute Gasteiger partial charge is 0.497 e. The maximum Gasteiger partial charge on any atom is 0.193 e. The number of benzene rings is 1. The van der Waals surface area contributed by atoms with Crippen molar-refractivity contribution in [2.24, 2.45) is 4.99 Å². The zero-order chi connectivity index (χ0) is 20.7. The van der Waals surface area contributed by atoms with Gasteiger partial charge >= 0.3 is 0 Å². The van der Waals surface area contributed by atoms with Crippen LogP contribution >= 0.6 is 24.0 Å². The third-order valence-corrected chi connectivity index (χ3v) is 4.80. The second kappa shape index (κ2) is 16.4. The minimum absolute atomic E-state index is 0. The lowest BCUT2D eigenvalue weighted by Gasteiger charge is -2.34. The number of hydrogen-bond donors (Lipinski definition) is 1. The van der Waals surface area contributed by atoms with Crippen LogP contribution < -0.4 is 14.8 Å². The fourth-order valence-corrected chi connectivity index (χ4v) is 3.24. The molecular formula is C22H38IN3O4. The van der Waals surface area contributed by atoms with Crippen LogP contribution in [0.15, 0.2) is 29.3 Å². The molecule has 2 rings (SSSR count). The summed E-state index contributed by atoms with van der Waals surface area (Å²) in [4.78, 5) is 7.12. The van der Waals surface area contributed by atoms with Gasteiger partial charge in [-0.3, -0.25) is 4.99 Å². The van der Waals surface area contributed by atoms with Crippen LogP contribution in [0.2, 0.25) is 0 Å². The minimum atomic E-state index is 0. The first-order valence-corrected chi connectivity index (χ1v) is 10.7. The number of rotatable bonds is 12. The predicted molar refractivity (Wildman–Crippen MR) is 132 cm³/mol. The van der Waals surface area contributed by atoms with E-state index in [9.17, 15) is 0 Å². The number of likely N-dealkylation sites (tertiary alicyclic amines) is 1. The van der Waals surface area contributed by atoms with Crippen molar-refractivity contribution in [3.63, 3.8) is 0 Å². The second-order valence-electron chi connectivity index (χ2n) is 7.02. The molecule has 1 aliphatic heterocycles. The van der Waals surface area contributed by atoms with Crippen LogP contribution in [-0.2, 0) is 9.47 Å². The molecule has 7 nitrogen and oxygen atoms in total. The quantitative estimate of drug-likeness (QED) is 0.191. The average Bonchev–Trinajstić information content (AvgIpc) is 2.76. The standard InChI is InChI=1S/C22H37N3O4.HI/c1-4-23-22(25-13-10-19(11-14-25)28-17-7-15-26-2)24-12-6-16-29-21-9-5-8-20(18-21)27-3;/h5,8-9,18-19H,4,6-7,10-17H2,1-3H3,(H,23,24);1H. The number of aliphatic imine (C=N–C) groups is 1. The Balaban J connectivity index is 0.00000450. The maximum atomic E-state index is 5.95. The van der Waals surface area contributed by atoms with Gasteiger partial charge in [0.05, 0.1) is 19.8 Å². The molecule has 1 aliphatic rings. The van der Waals surface area contributed by atoms with Crippen LogP contribution in [0.5, 0.6) is 11.5 Å². The summed E-state index contributed by atoms with van der Waals surface area (Å²) >= 11 is 0. The van der Waals surface area contributed by atoms with E-state index in [4.69, 9.17) is 23.9 Å². The first kappa shape index (κ1) is 26.8. The number of hydrogen-bond acceptors (Lipinski definition) is 5. The number of guanidine groups is 1. The van der Waals surface area contributed by atoms with E-state index >= 15 is 0 Å². The summed E-state index contributed by atoms with van der Waals surface area (Å²) in [7, 11) is 3.39. The van der Waals surface area contributed by atoms with Gasteiger partial charge in [0, 0.05) is 59.0 Å².